The van der Waals surface area contributed by atoms with E-state index in [1.54, 1.807) is 0 Å². The van der Waals surface area contributed by atoms with Crippen LogP contribution < -0.4 is 20.3 Å². The van der Waals surface area contributed by atoms with E-state index >= 15 is 0 Å². The summed E-state index contributed by atoms with van der Waals surface area (Å²) in [6.45, 7) is 5.23. The summed E-state index contributed by atoms with van der Waals surface area (Å²) in [6.07, 6.45) is 1.83. The molecule has 180 valence electrons. The molecule has 0 amide bonds. The molecule has 0 radical (unpaired) electrons. The van der Waals surface area contributed by atoms with Crippen LogP contribution in [0.1, 0.15) is 24.5 Å². The zero-order valence-electron chi connectivity index (χ0n) is 20.0. The molecule has 0 bridgehead atoms. The Balaban J connectivity index is 1.60. The van der Waals surface area contributed by atoms with Crippen LogP contribution in [0.5, 0.6) is 11.5 Å². The number of ether oxygens (including phenoxy) is 2. The first-order valence-corrected chi connectivity index (χ1v) is 12.1. The van der Waals surface area contributed by atoms with Gasteiger partial charge in [0.15, 0.2) is 16.6 Å². The lowest BCUT2D eigenvalue weighted by Gasteiger charge is -2.27. The number of thiocarbonyl (C=S) groups is 1. The third-order valence-corrected chi connectivity index (χ3v) is 6.27. The van der Waals surface area contributed by atoms with Crippen molar-refractivity contribution in [2.75, 3.05) is 45.7 Å². The van der Waals surface area contributed by atoms with Crippen molar-refractivity contribution in [3.05, 3.63) is 63.9 Å². The molecule has 0 aliphatic carbocycles. The topological polar surface area (TPSA) is 69.8 Å². The van der Waals surface area contributed by atoms with Crippen molar-refractivity contribution in [2.45, 2.75) is 26.3 Å². The molecule has 0 saturated heterocycles. The van der Waals surface area contributed by atoms with Crippen LogP contribution in [0, 0.1) is 0 Å². The molecule has 0 fully saturated rings. The Bertz CT molecular complexity index is 1220. The fourth-order valence-electron chi connectivity index (χ4n) is 4.09. The Morgan fingerprint density at radius 2 is 1.79 bits per heavy atom. The number of anilines is 1. The maximum atomic E-state index is 13.0. The maximum Gasteiger partial charge on any atom is 0.253 e. The van der Waals surface area contributed by atoms with E-state index in [0.717, 1.165) is 42.5 Å². The molecular formula is C26H32N4O3S. The van der Waals surface area contributed by atoms with Gasteiger partial charge in [0.05, 0.1) is 12.1 Å². The Morgan fingerprint density at radius 1 is 1.06 bits per heavy atom. The van der Waals surface area contributed by atoms with E-state index in [0.29, 0.717) is 41.9 Å². The SMILES string of the molecule is CCc1ccccc1NC(=S)N(CCCN(C)C)Cc1cc2cc3c(cc2[nH]c1=O)OCCO3. The van der Waals surface area contributed by atoms with E-state index in [9.17, 15) is 4.79 Å². The van der Waals surface area contributed by atoms with Gasteiger partial charge in [0.1, 0.15) is 13.2 Å². The number of H-pyrrole nitrogens is 1. The average molecular weight is 481 g/mol. The highest BCUT2D eigenvalue weighted by Gasteiger charge is 2.17. The summed E-state index contributed by atoms with van der Waals surface area (Å²) in [5.41, 5.74) is 3.47. The summed E-state index contributed by atoms with van der Waals surface area (Å²) in [7, 11) is 4.11. The van der Waals surface area contributed by atoms with Gasteiger partial charge in [0.2, 0.25) is 0 Å². The molecule has 0 unspecified atom stereocenters. The fraction of sp³-hybridized carbons (Fsp3) is 0.385. The van der Waals surface area contributed by atoms with E-state index in [1.165, 1.54) is 5.56 Å². The number of aromatic nitrogens is 1. The summed E-state index contributed by atoms with van der Waals surface area (Å²) in [5.74, 6) is 1.36. The number of rotatable bonds is 8. The number of para-hydroxylation sites is 1. The minimum atomic E-state index is -0.126. The molecule has 8 heteroatoms. The number of nitrogens with zero attached hydrogens (tertiary/aromatic N) is 2. The van der Waals surface area contributed by atoms with Crippen molar-refractivity contribution in [1.29, 1.82) is 0 Å². The molecule has 1 aliphatic heterocycles. The van der Waals surface area contributed by atoms with E-state index in [2.05, 4.69) is 47.2 Å². The van der Waals surface area contributed by atoms with Crippen molar-refractivity contribution in [3.8, 4) is 11.5 Å². The normalized spacial score (nSPS) is 12.7. The molecule has 34 heavy (non-hydrogen) atoms. The van der Waals surface area contributed by atoms with Crippen LogP contribution in [0.3, 0.4) is 0 Å². The van der Waals surface area contributed by atoms with Gasteiger partial charge in [-0.25, -0.2) is 0 Å². The first-order chi connectivity index (χ1) is 16.4. The maximum absolute atomic E-state index is 13.0. The summed E-state index contributed by atoms with van der Waals surface area (Å²) >= 11 is 5.81. The predicted molar refractivity (Wildman–Crippen MR) is 141 cm³/mol. The molecule has 1 aromatic heterocycles. The summed E-state index contributed by atoms with van der Waals surface area (Å²) in [4.78, 5) is 20.2. The lowest BCUT2D eigenvalue weighted by Crippen LogP contribution is -2.37. The summed E-state index contributed by atoms with van der Waals surface area (Å²) in [5, 5.41) is 4.93. The van der Waals surface area contributed by atoms with Crippen LogP contribution >= 0.6 is 12.2 Å². The first-order valence-electron chi connectivity index (χ1n) is 11.7. The van der Waals surface area contributed by atoms with Gasteiger partial charge in [-0.3, -0.25) is 4.79 Å². The van der Waals surface area contributed by atoms with Gasteiger partial charge >= 0.3 is 0 Å². The number of nitrogens with one attached hydrogen (secondary N) is 2. The Morgan fingerprint density at radius 3 is 2.53 bits per heavy atom. The minimum Gasteiger partial charge on any atom is -0.486 e. The zero-order chi connectivity index (χ0) is 24.1. The molecule has 2 aromatic carbocycles. The van der Waals surface area contributed by atoms with Crippen molar-refractivity contribution < 1.29 is 9.47 Å². The molecule has 0 spiro atoms. The lowest BCUT2D eigenvalue weighted by molar-refractivity contribution is 0.172. The second kappa shape index (κ2) is 10.9. The summed E-state index contributed by atoms with van der Waals surface area (Å²) < 4.78 is 11.4. The molecule has 7 nitrogen and oxygen atoms in total. The minimum absolute atomic E-state index is 0.126. The van der Waals surface area contributed by atoms with Crippen LogP contribution in [-0.2, 0) is 13.0 Å². The molecular weight excluding hydrogens is 448 g/mol. The highest BCUT2D eigenvalue weighted by atomic mass is 32.1. The largest absolute Gasteiger partial charge is 0.486 e. The van der Waals surface area contributed by atoms with Crippen molar-refractivity contribution in [1.82, 2.24) is 14.8 Å². The van der Waals surface area contributed by atoms with Crippen molar-refractivity contribution in [2.24, 2.45) is 0 Å². The Kier molecular flexibility index (Phi) is 7.70. The number of aryl methyl sites for hydroxylation is 1. The number of fused-ring (bicyclic) bond motifs is 2. The summed E-state index contributed by atoms with van der Waals surface area (Å²) in [6, 6.07) is 13.9. The van der Waals surface area contributed by atoms with Crippen LogP contribution in [0.25, 0.3) is 10.9 Å². The van der Waals surface area contributed by atoms with Gasteiger partial charge in [-0.2, -0.15) is 0 Å². The quantitative estimate of drug-likeness (QED) is 0.472. The van der Waals surface area contributed by atoms with E-state index in [1.807, 2.05) is 36.4 Å². The number of pyridine rings is 1. The van der Waals surface area contributed by atoms with Crippen LogP contribution in [-0.4, -0.2) is 60.3 Å². The number of hydrogen-bond donors (Lipinski definition) is 2. The molecule has 2 N–H and O–H groups in total. The van der Waals surface area contributed by atoms with E-state index < -0.39 is 0 Å². The molecule has 0 saturated carbocycles. The predicted octanol–water partition coefficient (Wildman–Crippen LogP) is 4.01. The van der Waals surface area contributed by atoms with Crippen molar-refractivity contribution in [3.63, 3.8) is 0 Å². The number of benzene rings is 2. The van der Waals surface area contributed by atoms with Gasteiger partial charge in [0.25, 0.3) is 5.56 Å². The Labute approximate surface area is 205 Å². The van der Waals surface area contributed by atoms with Gasteiger partial charge < -0.3 is 29.6 Å². The molecule has 4 rings (SSSR count). The molecule has 0 atom stereocenters. The highest BCUT2D eigenvalue weighted by Crippen LogP contribution is 2.33. The van der Waals surface area contributed by atoms with Crippen LogP contribution in [0.15, 0.2) is 47.3 Å². The van der Waals surface area contributed by atoms with E-state index in [-0.39, 0.29) is 5.56 Å². The number of hydrogen-bond acceptors (Lipinski definition) is 5. The molecule has 3 aromatic rings. The highest BCUT2D eigenvalue weighted by molar-refractivity contribution is 7.80. The first kappa shape index (κ1) is 24.0. The third-order valence-electron chi connectivity index (χ3n) is 5.91. The average Bonchev–Trinajstić information content (AvgIpc) is 2.82. The monoisotopic (exact) mass is 480 g/mol. The van der Waals surface area contributed by atoms with Gasteiger partial charge in [-0.15, -0.1) is 0 Å². The van der Waals surface area contributed by atoms with Crippen molar-refractivity contribution >= 4 is 33.9 Å². The smallest absolute Gasteiger partial charge is 0.253 e. The fourth-order valence-corrected chi connectivity index (χ4v) is 4.35. The lowest BCUT2D eigenvalue weighted by atomic mass is 10.1. The number of aromatic amines is 1. The van der Waals surface area contributed by atoms with Gasteiger partial charge in [-0.1, -0.05) is 25.1 Å². The molecule has 2 heterocycles. The third kappa shape index (κ3) is 5.69. The van der Waals surface area contributed by atoms with Crippen LogP contribution in [0.4, 0.5) is 5.69 Å². The second-order valence-electron chi connectivity index (χ2n) is 8.73. The van der Waals surface area contributed by atoms with Crippen LogP contribution in [0.2, 0.25) is 0 Å². The van der Waals surface area contributed by atoms with Gasteiger partial charge in [0, 0.05) is 29.2 Å². The zero-order valence-corrected chi connectivity index (χ0v) is 20.8. The standard InChI is InChI=1S/C26H32N4O3S/c1-4-18-8-5-6-9-21(18)28-26(34)30(11-7-10-29(2)3)17-20-14-19-15-23-24(33-13-12-32-23)16-22(19)27-25(20)31/h5-6,8-9,14-16H,4,7,10-13,17H2,1-3H3,(H,27,31)(H,28,34). The van der Waals surface area contributed by atoms with Gasteiger partial charge in [-0.05, 0) is 69.5 Å². The van der Waals surface area contributed by atoms with E-state index in [4.69, 9.17) is 21.7 Å². The molecule has 1 aliphatic rings. The second-order valence-corrected chi connectivity index (χ2v) is 9.11. The Hall–Kier alpha value is -3.10.